The van der Waals surface area contributed by atoms with Crippen LogP contribution in [0, 0.1) is 0 Å². The van der Waals surface area contributed by atoms with E-state index in [1.165, 1.54) is 19.1 Å². The van der Waals surface area contributed by atoms with E-state index < -0.39 is 29.8 Å². The van der Waals surface area contributed by atoms with E-state index in [1.54, 1.807) is 39.1 Å². The highest BCUT2D eigenvalue weighted by Gasteiger charge is 2.43. The molecule has 0 bridgehead atoms. The molecule has 3 rings (SSSR count). The first kappa shape index (κ1) is 22.0. The van der Waals surface area contributed by atoms with Crippen molar-refractivity contribution in [1.82, 2.24) is 9.88 Å². The Morgan fingerprint density at radius 3 is 2.57 bits per heavy atom. The van der Waals surface area contributed by atoms with Crippen molar-refractivity contribution in [3.05, 3.63) is 29.5 Å². The molecule has 1 saturated heterocycles. The molecule has 2 aromatic rings. The van der Waals surface area contributed by atoms with Gasteiger partial charge in [-0.2, -0.15) is 0 Å². The average molecular weight is 437 g/mol. The largest absolute Gasteiger partial charge is 0.493 e. The number of carbonyl (C=O) groups is 2. The number of halogens is 1. The van der Waals surface area contributed by atoms with Crippen molar-refractivity contribution >= 4 is 34.4 Å². The summed E-state index contributed by atoms with van der Waals surface area (Å²) < 4.78 is 21.9. The summed E-state index contributed by atoms with van der Waals surface area (Å²) in [6.45, 7) is 5.45. The average Bonchev–Trinajstić information content (AvgIpc) is 3.10. The highest BCUT2D eigenvalue weighted by Crippen LogP contribution is 2.36. The van der Waals surface area contributed by atoms with Crippen molar-refractivity contribution in [1.29, 1.82) is 0 Å². The number of fused-ring (bicyclic) bond motifs is 1. The number of rotatable bonds is 4. The molecule has 1 aromatic carbocycles. The standard InChI is InChI=1S/C21H25ClN2O6/c1-21(2,3)30-20(26)24-11-13(9-15(24)19(25)28-5)29-17-10-14-12(8-16(17)27-4)6-7-23-18(14)22/h6-8,10,13,15H,9,11H2,1-5H3/t13-,15+/m1/s1. The van der Waals surface area contributed by atoms with Crippen LogP contribution in [-0.2, 0) is 14.3 Å². The minimum atomic E-state index is -0.799. The fourth-order valence-corrected chi connectivity index (χ4v) is 3.56. The molecule has 1 aliphatic heterocycles. The molecule has 1 aliphatic rings. The van der Waals surface area contributed by atoms with Gasteiger partial charge in [0.05, 0.1) is 20.8 Å². The van der Waals surface area contributed by atoms with Gasteiger partial charge in [0.1, 0.15) is 22.9 Å². The maximum atomic E-state index is 12.6. The van der Waals surface area contributed by atoms with Crippen LogP contribution >= 0.6 is 11.6 Å². The number of aromatic nitrogens is 1. The van der Waals surface area contributed by atoms with Crippen LogP contribution in [0.2, 0.25) is 5.15 Å². The van der Waals surface area contributed by atoms with Gasteiger partial charge in [0.25, 0.3) is 0 Å². The molecule has 30 heavy (non-hydrogen) atoms. The Morgan fingerprint density at radius 1 is 1.20 bits per heavy atom. The minimum absolute atomic E-state index is 0.163. The monoisotopic (exact) mass is 436 g/mol. The van der Waals surface area contributed by atoms with Crippen molar-refractivity contribution in [2.45, 2.75) is 44.9 Å². The van der Waals surface area contributed by atoms with E-state index in [-0.39, 0.29) is 13.0 Å². The number of methoxy groups -OCH3 is 2. The fraction of sp³-hybridized carbons (Fsp3) is 0.476. The zero-order valence-corrected chi connectivity index (χ0v) is 18.4. The number of benzene rings is 1. The third-order valence-corrected chi connectivity index (χ3v) is 4.96. The third-order valence-electron chi connectivity index (χ3n) is 4.66. The zero-order valence-electron chi connectivity index (χ0n) is 17.6. The van der Waals surface area contributed by atoms with E-state index in [0.29, 0.717) is 22.0 Å². The summed E-state index contributed by atoms with van der Waals surface area (Å²) >= 11 is 6.21. The van der Waals surface area contributed by atoms with Gasteiger partial charge in [-0.15, -0.1) is 0 Å². The van der Waals surface area contributed by atoms with Crippen LogP contribution in [0.5, 0.6) is 11.5 Å². The lowest BCUT2D eigenvalue weighted by molar-refractivity contribution is -0.145. The van der Waals surface area contributed by atoms with Gasteiger partial charge in [-0.05, 0) is 44.4 Å². The molecule has 162 valence electrons. The van der Waals surface area contributed by atoms with Crippen LogP contribution in [0.4, 0.5) is 4.79 Å². The topological polar surface area (TPSA) is 87.2 Å². The molecule has 0 aliphatic carbocycles. The lowest BCUT2D eigenvalue weighted by Gasteiger charge is -2.27. The number of likely N-dealkylation sites (tertiary alicyclic amines) is 1. The maximum absolute atomic E-state index is 12.6. The van der Waals surface area contributed by atoms with Crippen molar-refractivity contribution in [2.75, 3.05) is 20.8 Å². The molecule has 0 spiro atoms. The maximum Gasteiger partial charge on any atom is 0.411 e. The first-order chi connectivity index (χ1) is 14.1. The van der Waals surface area contributed by atoms with Gasteiger partial charge in [-0.25, -0.2) is 14.6 Å². The summed E-state index contributed by atoms with van der Waals surface area (Å²) in [5.41, 5.74) is -0.692. The molecule has 0 unspecified atom stereocenters. The van der Waals surface area contributed by atoms with Crippen LogP contribution in [-0.4, -0.2) is 60.5 Å². The summed E-state index contributed by atoms with van der Waals surface area (Å²) in [5.74, 6) is 0.430. The fourth-order valence-electron chi connectivity index (χ4n) is 3.34. The third kappa shape index (κ3) is 4.70. The Kier molecular flexibility index (Phi) is 6.26. The number of esters is 1. The summed E-state index contributed by atoms with van der Waals surface area (Å²) in [5, 5.41) is 1.91. The molecular weight excluding hydrogens is 412 g/mol. The normalized spacial score (nSPS) is 18.9. The number of amides is 1. The summed E-state index contributed by atoms with van der Waals surface area (Å²) in [7, 11) is 2.82. The van der Waals surface area contributed by atoms with Crippen molar-refractivity contribution < 1.29 is 28.5 Å². The van der Waals surface area contributed by atoms with Crippen molar-refractivity contribution in [3.63, 3.8) is 0 Å². The van der Waals surface area contributed by atoms with Gasteiger partial charge in [-0.1, -0.05) is 11.6 Å². The summed E-state index contributed by atoms with van der Waals surface area (Å²) in [6.07, 6.45) is 0.806. The van der Waals surface area contributed by atoms with E-state index in [2.05, 4.69) is 4.98 Å². The molecule has 1 aromatic heterocycles. The summed E-state index contributed by atoms with van der Waals surface area (Å²) in [6, 6.07) is 4.57. The molecule has 2 atom stereocenters. The second-order valence-electron chi connectivity index (χ2n) is 7.97. The Morgan fingerprint density at radius 2 is 1.93 bits per heavy atom. The lowest BCUT2D eigenvalue weighted by atomic mass is 10.1. The molecule has 0 N–H and O–H groups in total. The van der Waals surface area contributed by atoms with Crippen LogP contribution in [0.1, 0.15) is 27.2 Å². The van der Waals surface area contributed by atoms with E-state index >= 15 is 0 Å². The minimum Gasteiger partial charge on any atom is -0.493 e. The molecule has 2 heterocycles. The molecule has 0 saturated carbocycles. The first-order valence-corrected chi connectivity index (χ1v) is 9.87. The molecule has 9 heteroatoms. The van der Waals surface area contributed by atoms with E-state index in [0.717, 1.165) is 5.39 Å². The highest BCUT2D eigenvalue weighted by molar-refractivity contribution is 6.34. The highest BCUT2D eigenvalue weighted by atomic mass is 35.5. The van der Waals surface area contributed by atoms with Gasteiger partial charge in [0.15, 0.2) is 11.5 Å². The van der Waals surface area contributed by atoms with Crippen LogP contribution in [0.15, 0.2) is 24.4 Å². The second kappa shape index (κ2) is 8.55. The van der Waals surface area contributed by atoms with Gasteiger partial charge < -0.3 is 18.9 Å². The smallest absolute Gasteiger partial charge is 0.411 e. The van der Waals surface area contributed by atoms with Crippen LogP contribution in [0.25, 0.3) is 10.8 Å². The molecule has 0 radical (unpaired) electrons. The number of nitrogens with zero attached hydrogens (tertiary/aromatic N) is 2. The van der Waals surface area contributed by atoms with Crippen LogP contribution in [0.3, 0.4) is 0 Å². The Bertz CT molecular complexity index is 958. The zero-order chi connectivity index (χ0) is 22.1. The molecule has 8 nitrogen and oxygen atoms in total. The number of hydrogen-bond donors (Lipinski definition) is 0. The van der Waals surface area contributed by atoms with Gasteiger partial charge in [0.2, 0.25) is 0 Å². The van der Waals surface area contributed by atoms with Gasteiger partial charge in [-0.3, -0.25) is 4.90 Å². The Hall–Kier alpha value is -2.74. The molecule has 1 fully saturated rings. The number of carbonyl (C=O) groups excluding carboxylic acids is 2. The van der Waals surface area contributed by atoms with Crippen molar-refractivity contribution in [3.8, 4) is 11.5 Å². The molecular formula is C21H25ClN2O6. The second-order valence-corrected chi connectivity index (χ2v) is 8.33. The Labute approximate surface area is 180 Å². The number of pyridine rings is 1. The first-order valence-electron chi connectivity index (χ1n) is 9.49. The van der Waals surface area contributed by atoms with Crippen molar-refractivity contribution in [2.24, 2.45) is 0 Å². The Balaban J connectivity index is 1.87. The van der Waals surface area contributed by atoms with Gasteiger partial charge >= 0.3 is 12.1 Å². The summed E-state index contributed by atoms with van der Waals surface area (Å²) in [4.78, 5) is 30.3. The van der Waals surface area contributed by atoms with E-state index in [4.69, 9.17) is 30.5 Å². The van der Waals surface area contributed by atoms with E-state index in [9.17, 15) is 9.59 Å². The SMILES string of the molecule is COC(=O)[C@@H]1C[C@@H](Oc2cc3c(Cl)nccc3cc2OC)CN1C(=O)OC(C)(C)C. The van der Waals surface area contributed by atoms with Gasteiger partial charge in [0, 0.05) is 18.0 Å². The number of ether oxygens (including phenoxy) is 4. The molecule has 1 amide bonds. The van der Waals surface area contributed by atoms with Crippen LogP contribution < -0.4 is 9.47 Å². The predicted octanol–water partition coefficient (Wildman–Crippen LogP) is 3.83. The lowest BCUT2D eigenvalue weighted by Crippen LogP contribution is -2.44. The van der Waals surface area contributed by atoms with E-state index in [1.807, 2.05) is 6.07 Å². The quantitative estimate of drug-likeness (QED) is 0.531. The number of hydrogen-bond acceptors (Lipinski definition) is 7. The predicted molar refractivity (Wildman–Crippen MR) is 111 cm³/mol.